The maximum absolute atomic E-state index is 12.3. The van der Waals surface area contributed by atoms with E-state index in [1.807, 2.05) is 0 Å². The Morgan fingerprint density at radius 1 is 1.47 bits per heavy atom. The normalized spacial score (nSPS) is 10.7. The van der Waals surface area contributed by atoms with Gasteiger partial charge in [-0.2, -0.15) is 5.26 Å². The predicted molar refractivity (Wildman–Crippen MR) is 66.5 cm³/mol. The highest BCUT2D eigenvalue weighted by molar-refractivity contribution is 14.1. The van der Waals surface area contributed by atoms with E-state index in [4.69, 9.17) is 5.26 Å². The highest BCUT2D eigenvalue weighted by atomic mass is 127. The quantitative estimate of drug-likeness (QED) is 0.592. The monoisotopic (exact) mass is 385 g/mol. The second-order valence-electron chi connectivity index (χ2n) is 3.18. The van der Waals surface area contributed by atoms with E-state index in [1.54, 1.807) is 29.5 Å². The second kappa shape index (κ2) is 6.10. The fourth-order valence-corrected chi connectivity index (χ4v) is 1.82. The molecule has 0 atom stereocenters. The predicted octanol–water partition coefficient (Wildman–Crippen LogP) is 3.24. The van der Waals surface area contributed by atoms with Gasteiger partial charge in [0.15, 0.2) is 5.75 Å². The van der Waals surface area contributed by atoms with Crippen molar-refractivity contribution >= 4 is 28.6 Å². The van der Waals surface area contributed by atoms with Gasteiger partial charge in [-0.05, 0) is 41.6 Å². The van der Waals surface area contributed by atoms with E-state index in [2.05, 4.69) is 9.47 Å². The average molecular weight is 385 g/mol. The van der Waals surface area contributed by atoms with Crippen molar-refractivity contribution in [2.24, 2.45) is 0 Å². The second-order valence-corrected chi connectivity index (χ2v) is 4.34. The van der Waals surface area contributed by atoms with Gasteiger partial charge in [-0.1, -0.05) is 0 Å². The fraction of sp³-hybridized carbons (Fsp3) is 0.273. The Kier molecular flexibility index (Phi) is 4.99. The van der Waals surface area contributed by atoms with Gasteiger partial charge in [-0.15, -0.1) is 13.2 Å². The Morgan fingerprint density at radius 2 is 2.11 bits per heavy atom. The van der Waals surface area contributed by atoms with Gasteiger partial charge in [-0.3, -0.25) is 0 Å². The summed E-state index contributed by atoms with van der Waals surface area (Å²) in [7, 11) is 0. The molecule has 0 N–H and O–H groups in total. The Bertz CT molecular complexity index is 537. The summed E-state index contributed by atoms with van der Waals surface area (Å²) in [5, 5.41) is 8.93. The molecule has 0 unspecified atom stereocenters. The standard InChI is InChI=1S/C11H7F3INO3/c1-2-18-10(17)6-3-4-8(15)9(7(6)5-16)19-11(12,13)14/h3-4H,2H2,1H3. The first-order chi connectivity index (χ1) is 8.80. The van der Waals surface area contributed by atoms with Gasteiger partial charge >= 0.3 is 12.3 Å². The molecule has 1 rings (SSSR count). The van der Waals surface area contributed by atoms with Crippen molar-refractivity contribution in [2.75, 3.05) is 6.61 Å². The molecule has 0 amide bonds. The number of rotatable bonds is 3. The van der Waals surface area contributed by atoms with E-state index in [0.29, 0.717) is 0 Å². The van der Waals surface area contributed by atoms with Crippen LogP contribution < -0.4 is 4.74 Å². The lowest BCUT2D eigenvalue weighted by Crippen LogP contribution is -2.20. The number of carbonyl (C=O) groups is 1. The van der Waals surface area contributed by atoms with E-state index in [-0.39, 0.29) is 15.7 Å². The molecule has 0 fully saturated rings. The summed E-state index contributed by atoms with van der Waals surface area (Å²) >= 11 is 1.58. The fourth-order valence-electron chi connectivity index (χ4n) is 1.26. The minimum Gasteiger partial charge on any atom is -0.462 e. The number of halogens is 4. The molecule has 0 radical (unpaired) electrons. The molecular weight excluding hydrogens is 378 g/mol. The van der Waals surface area contributed by atoms with Crippen LogP contribution in [0.4, 0.5) is 13.2 Å². The number of carbonyl (C=O) groups excluding carboxylic acids is 1. The van der Waals surface area contributed by atoms with Crippen LogP contribution in [0.3, 0.4) is 0 Å². The molecule has 0 saturated heterocycles. The van der Waals surface area contributed by atoms with E-state index < -0.39 is 23.6 Å². The van der Waals surface area contributed by atoms with Crippen molar-refractivity contribution in [1.29, 1.82) is 5.26 Å². The first kappa shape index (κ1) is 15.6. The van der Waals surface area contributed by atoms with Crippen molar-refractivity contribution in [2.45, 2.75) is 13.3 Å². The highest BCUT2D eigenvalue weighted by Gasteiger charge is 2.34. The summed E-state index contributed by atoms with van der Waals surface area (Å²) in [5.74, 6) is -1.57. The molecule has 0 aliphatic rings. The van der Waals surface area contributed by atoms with Crippen molar-refractivity contribution in [3.63, 3.8) is 0 Å². The molecular formula is C11H7F3INO3. The number of hydrogen-bond donors (Lipinski definition) is 0. The van der Waals surface area contributed by atoms with Gasteiger partial charge in [0.1, 0.15) is 11.6 Å². The Morgan fingerprint density at radius 3 is 2.58 bits per heavy atom. The number of nitrogens with zero attached hydrogens (tertiary/aromatic N) is 1. The lowest BCUT2D eigenvalue weighted by molar-refractivity contribution is -0.275. The van der Waals surface area contributed by atoms with Crippen molar-refractivity contribution < 1.29 is 27.4 Å². The lowest BCUT2D eigenvalue weighted by atomic mass is 10.1. The van der Waals surface area contributed by atoms with Crippen LogP contribution in [0.1, 0.15) is 22.8 Å². The van der Waals surface area contributed by atoms with E-state index in [9.17, 15) is 18.0 Å². The molecule has 1 aromatic carbocycles. The summed E-state index contributed by atoms with van der Waals surface area (Å²) in [5.41, 5.74) is -0.758. The van der Waals surface area contributed by atoms with Crippen LogP contribution in [0.15, 0.2) is 12.1 Å². The minimum absolute atomic E-state index is 0.0468. The van der Waals surface area contributed by atoms with Gasteiger partial charge in [0.2, 0.25) is 0 Å². The highest BCUT2D eigenvalue weighted by Crippen LogP contribution is 2.33. The number of alkyl halides is 3. The summed E-state index contributed by atoms with van der Waals surface area (Å²) < 4.78 is 45.3. The van der Waals surface area contributed by atoms with Crippen LogP contribution >= 0.6 is 22.6 Å². The van der Waals surface area contributed by atoms with Crippen LogP contribution in [0.5, 0.6) is 5.75 Å². The first-order valence-corrected chi connectivity index (χ1v) is 6.03. The van der Waals surface area contributed by atoms with E-state index in [1.165, 1.54) is 18.2 Å². The molecule has 0 aliphatic carbocycles. The summed E-state index contributed by atoms with van der Waals surface area (Å²) in [4.78, 5) is 11.5. The summed E-state index contributed by atoms with van der Waals surface area (Å²) in [6.07, 6.45) is -4.95. The van der Waals surface area contributed by atoms with Gasteiger partial charge in [-0.25, -0.2) is 4.79 Å². The van der Waals surface area contributed by atoms with E-state index in [0.717, 1.165) is 0 Å². The maximum Gasteiger partial charge on any atom is 0.573 e. The van der Waals surface area contributed by atoms with Crippen LogP contribution in [0.2, 0.25) is 0 Å². The molecule has 19 heavy (non-hydrogen) atoms. The van der Waals surface area contributed by atoms with Crippen LogP contribution in [-0.4, -0.2) is 18.9 Å². The number of esters is 1. The number of benzene rings is 1. The maximum atomic E-state index is 12.3. The minimum atomic E-state index is -4.95. The molecule has 0 heterocycles. The Labute approximate surface area is 120 Å². The van der Waals surface area contributed by atoms with Gasteiger partial charge in [0.25, 0.3) is 0 Å². The zero-order valence-corrected chi connectivity index (χ0v) is 11.7. The molecule has 0 aliphatic heterocycles. The largest absolute Gasteiger partial charge is 0.573 e. The molecule has 0 saturated carbocycles. The third-order valence-electron chi connectivity index (χ3n) is 1.93. The van der Waals surface area contributed by atoms with Crippen LogP contribution in [0.25, 0.3) is 0 Å². The third kappa shape index (κ3) is 3.99. The van der Waals surface area contributed by atoms with Gasteiger partial charge in [0.05, 0.1) is 15.7 Å². The van der Waals surface area contributed by atoms with Crippen LogP contribution in [0, 0.1) is 14.9 Å². The topological polar surface area (TPSA) is 59.3 Å². The lowest BCUT2D eigenvalue weighted by Gasteiger charge is -2.14. The Hall–Kier alpha value is -1.50. The average Bonchev–Trinajstić information content (AvgIpc) is 2.30. The molecule has 1 aromatic rings. The molecule has 0 spiro atoms. The van der Waals surface area contributed by atoms with Crippen molar-refractivity contribution in [1.82, 2.24) is 0 Å². The summed E-state index contributed by atoms with van der Waals surface area (Å²) in [6, 6.07) is 4.00. The van der Waals surface area contributed by atoms with E-state index >= 15 is 0 Å². The smallest absolute Gasteiger partial charge is 0.462 e. The summed E-state index contributed by atoms with van der Waals surface area (Å²) in [6.45, 7) is 1.59. The third-order valence-corrected chi connectivity index (χ3v) is 2.78. The van der Waals surface area contributed by atoms with Crippen molar-refractivity contribution in [3.05, 3.63) is 26.8 Å². The van der Waals surface area contributed by atoms with Gasteiger partial charge < -0.3 is 9.47 Å². The number of nitriles is 1. The number of ether oxygens (including phenoxy) is 2. The molecule has 8 heteroatoms. The molecule has 102 valence electrons. The number of hydrogen-bond acceptors (Lipinski definition) is 4. The molecule has 4 nitrogen and oxygen atoms in total. The zero-order chi connectivity index (χ0) is 14.6. The van der Waals surface area contributed by atoms with Crippen LogP contribution in [-0.2, 0) is 4.74 Å². The Balaban J connectivity index is 3.34. The first-order valence-electron chi connectivity index (χ1n) is 4.95. The van der Waals surface area contributed by atoms with Gasteiger partial charge in [0, 0.05) is 0 Å². The molecule has 0 aromatic heterocycles. The SMILES string of the molecule is CCOC(=O)c1ccc(I)c(OC(F)(F)F)c1C#N. The zero-order valence-electron chi connectivity index (χ0n) is 9.55. The molecule has 0 bridgehead atoms. The van der Waals surface area contributed by atoms with Crippen molar-refractivity contribution in [3.8, 4) is 11.8 Å².